The van der Waals surface area contributed by atoms with Gasteiger partial charge in [0.1, 0.15) is 0 Å². The lowest BCUT2D eigenvalue weighted by molar-refractivity contribution is -0.146. The van der Waals surface area contributed by atoms with E-state index in [1.54, 1.807) is 0 Å². The summed E-state index contributed by atoms with van der Waals surface area (Å²) in [6.07, 6.45) is 1.65. The number of hydrogen-bond acceptors (Lipinski definition) is 2. The highest BCUT2D eigenvalue weighted by Crippen LogP contribution is 2.23. The molecule has 0 saturated heterocycles. The van der Waals surface area contributed by atoms with E-state index in [9.17, 15) is 13.6 Å². The summed E-state index contributed by atoms with van der Waals surface area (Å²) in [7, 11) is 0. The van der Waals surface area contributed by atoms with E-state index in [-0.39, 0.29) is 19.2 Å². The lowest BCUT2D eigenvalue weighted by Gasteiger charge is -2.33. The molecule has 0 aromatic carbocycles. The number of carbonyl (C=O) groups excluding carboxylic acids is 1. The Hall–Kier alpha value is -0.710. The SMILES string of the molecule is O=C(C(F)F)N(CCO)C1CCCCC1. The quantitative estimate of drug-likeness (QED) is 0.779. The smallest absolute Gasteiger partial charge is 0.315 e. The zero-order valence-corrected chi connectivity index (χ0v) is 8.66. The van der Waals surface area contributed by atoms with Crippen LogP contribution in [0.1, 0.15) is 32.1 Å². The number of carbonyl (C=O) groups is 1. The van der Waals surface area contributed by atoms with Gasteiger partial charge in [-0.1, -0.05) is 19.3 Å². The molecule has 1 fully saturated rings. The lowest BCUT2D eigenvalue weighted by atomic mass is 9.94. The van der Waals surface area contributed by atoms with Crippen LogP contribution in [0.3, 0.4) is 0 Å². The van der Waals surface area contributed by atoms with Crippen molar-refractivity contribution >= 4 is 5.91 Å². The molecule has 15 heavy (non-hydrogen) atoms. The maximum atomic E-state index is 12.3. The Morgan fingerprint density at radius 1 is 1.33 bits per heavy atom. The van der Waals surface area contributed by atoms with Crippen LogP contribution >= 0.6 is 0 Å². The first kappa shape index (κ1) is 12.4. The molecule has 1 aliphatic carbocycles. The average Bonchev–Trinajstić information content (AvgIpc) is 2.26. The van der Waals surface area contributed by atoms with Gasteiger partial charge in [0.25, 0.3) is 5.91 Å². The van der Waals surface area contributed by atoms with Crippen molar-refractivity contribution in [3.05, 3.63) is 0 Å². The summed E-state index contributed by atoms with van der Waals surface area (Å²) in [6, 6.07) is -0.104. The second-order valence-corrected chi connectivity index (χ2v) is 3.85. The number of aliphatic hydroxyl groups excluding tert-OH is 1. The highest BCUT2D eigenvalue weighted by Gasteiger charge is 2.29. The highest BCUT2D eigenvalue weighted by atomic mass is 19.3. The van der Waals surface area contributed by atoms with Crippen LogP contribution in [0.15, 0.2) is 0 Å². The Labute approximate surface area is 88.1 Å². The maximum Gasteiger partial charge on any atom is 0.315 e. The summed E-state index contributed by atoms with van der Waals surface area (Å²) in [5, 5.41) is 8.76. The summed E-state index contributed by atoms with van der Waals surface area (Å²) >= 11 is 0. The molecule has 1 saturated carbocycles. The first-order valence-corrected chi connectivity index (χ1v) is 5.36. The number of rotatable bonds is 4. The third-order valence-corrected chi connectivity index (χ3v) is 2.83. The van der Waals surface area contributed by atoms with E-state index in [1.165, 1.54) is 0 Å². The molecule has 88 valence electrons. The van der Waals surface area contributed by atoms with Crippen LogP contribution in [0.5, 0.6) is 0 Å². The molecule has 0 bridgehead atoms. The molecule has 0 aliphatic heterocycles. The van der Waals surface area contributed by atoms with E-state index >= 15 is 0 Å². The van der Waals surface area contributed by atoms with Crippen molar-refractivity contribution in [1.82, 2.24) is 4.90 Å². The monoisotopic (exact) mass is 221 g/mol. The van der Waals surface area contributed by atoms with Crippen LogP contribution < -0.4 is 0 Å². The van der Waals surface area contributed by atoms with E-state index in [0.717, 1.165) is 37.0 Å². The minimum atomic E-state index is -2.96. The number of hydrogen-bond donors (Lipinski definition) is 1. The van der Waals surface area contributed by atoms with Crippen LogP contribution in [0.2, 0.25) is 0 Å². The van der Waals surface area contributed by atoms with Gasteiger partial charge in [-0.3, -0.25) is 4.79 Å². The van der Waals surface area contributed by atoms with Crippen molar-refractivity contribution in [2.45, 2.75) is 44.6 Å². The molecule has 0 heterocycles. The Kier molecular flexibility index (Phi) is 4.94. The fraction of sp³-hybridized carbons (Fsp3) is 0.900. The Morgan fingerprint density at radius 3 is 2.40 bits per heavy atom. The molecule has 0 aromatic rings. The molecular formula is C10H17F2NO2. The van der Waals surface area contributed by atoms with Gasteiger partial charge in [0.15, 0.2) is 0 Å². The second kappa shape index (κ2) is 6.00. The molecule has 1 rings (SSSR count). The van der Waals surface area contributed by atoms with Crippen molar-refractivity contribution in [2.75, 3.05) is 13.2 Å². The van der Waals surface area contributed by atoms with Gasteiger partial charge in [0, 0.05) is 12.6 Å². The average molecular weight is 221 g/mol. The Morgan fingerprint density at radius 2 is 1.93 bits per heavy atom. The molecule has 0 aromatic heterocycles. The molecule has 0 radical (unpaired) electrons. The van der Waals surface area contributed by atoms with Gasteiger partial charge in [-0.05, 0) is 12.8 Å². The normalized spacial score (nSPS) is 18.1. The van der Waals surface area contributed by atoms with Crippen LogP contribution in [0.4, 0.5) is 8.78 Å². The van der Waals surface area contributed by atoms with Crippen LogP contribution in [-0.4, -0.2) is 41.5 Å². The van der Waals surface area contributed by atoms with Crippen LogP contribution in [0.25, 0.3) is 0 Å². The zero-order chi connectivity index (χ0) is 11.3. The first-order chi connectivity index (χ1) is 7.16. The lowest BCUT2D eigenvalue weighted by Crippen LogP contribution is -2.45. The fourth-order valence-corrected chi connectivity index (χ4v) is 2.10. The summed E-state index contributed by atoms with van der Waals surface area (Å²) in [6.45, 7) is -0.233. The first-order valence-electron chi connectivity index (χ1n) is 5.36. The minimum Gasteiger partial charge on any atom is -0.395 e. The molecule has 1 aliphatic rings. The maximum absolute atomic E-state index is 12.3. The predicted molar refractivity (Wildman–Crippen MR) is 51.7 cm³/mol. The molecule has 0 atom stereocenters. The minimum absolute atomic E-state index is 0.0217. The van der Waals surface area contributed by atoms with E-state index < -0.39 is 12.3 Å². The number of amides is 1. The van der Waals surface area contributed by atoms with E-state index in [4.69, 9.17) is 5.11 Å². The molecule has 3 nitrogen and oxygen atoms in total. The van der Waals surface area contributed by atoms with Gasteiger partial charge in [0.2, 0.25) is 0 Å². The summed E-state index contributed by atoms with van der Waals surface area (Å²) in [5.74, 6) is -1.14. The third kappa shape index (κ3) is 3.41. The fourth-order valence-electron chi connectivity index (χ4n) is 2.10. The van der Waals surface area contributed by atoms with Gasteiger partial charge >= 0.3 is 6.43 Å². The number of halogens is 2. The van der Waals surface area contributed by atoms with Gasteiger partial charge in [-0.25, -0.2) is 0 Å². The van der Waals surface area contributed by atoms with Gasteiger partial charge in [-0.15, -0.1) is 0 Å². The van der Waals surface area contributed by atoms with Crippen molar-refractivity contribution in [3.63, 3.8) is 0 Å². The molecule has 1 N–H and O–H groups in total. The molecular weight excluding hydrogens is 204 g/mol. The van der Waals surface area contributed by atoms with Crippen molar-refractivity contribution in [3.8, 4) is 0 Å². The van der Waals surface area contributed by atoms with Gasteiger partial charge in [0.05, 0.1) is 6.61 Å². The van der Waals surface area contributed by atoms with Crippen molar-refractivity contribution in [2.24, 2.45) is 0 Å². The van der Waals surface area contributed by atoms with Crippen molar-refractivity contribution < 1.29 is 18.7 Å². The predicted octanol–water partition coefficient (Wildman–Crippen LogP) is 1.41. The van der Waals surface area contributed by atoms with Crippen LogP contribution in [0, 0.1) is 0 Å². The number of nitrogens with zero attached hydrogens (tertiary/aromatic N) is 1. The summed E-state index contributed by atoms with van der Waals surface area (Å²) in [5.41, 5.74) is 0. The molecule has 0 unspecified atom stereocenters. The Bertz CT molecular complexity index is 206. The van der Waals surface area contributed by atoms with E-state index in [0.29, 0.717) is 0 Å². The largest absolute Gasteiger partial charge is 0.395 e. The number of alkyl halides is 2. The number of aliphatic hydroxyl groups is 1. The zero-order valence-electron chi connectivity index (χ0n) is 8.66. The third-order valence-electron chi connectivity index (χ3n) is 2.83. The van der Waals surface area contributed by atoms with Gasteiger partial charge < -0.3 is 10.0 Å². The van der Waals surface area contributed by atoms with E-state index in [2.05, 4.69) is 0 Å². The van der Waals surface area contributed by atoms with Gasteiger partial charge in [-0.2, -0.15) is 8.78 Å². The second-order valence-electron chi connectivity index (χ2n) is 3.85. The Balaban J connectivity index is 2.58. The standard InChI is InChI=1S/C10H17F2NO2/c11-9(12)10(15)13(6-7-14)8-4-2-1-3-5-8/h8-9,14H,1-7H2. The van der Waals surface area contributed by atoms with E-state index in [1.807, 2.05) is 0 Å². The molecule has 5 heteroatoms. The highest BCUT2D eigenvalue weighted by molar-refractivity contribution is 5.79. The molecule has 0 spiro atoms. The topological polar surface area (TPSA) is 40.5 Å². The van der Waals surface area contributed by atoms with Crippen molar-refractivity contribution in [1.29, 1.82) is 0 Å². The summed E-state index contributed by atoms with van der Waals surface area (Å²) < 4.78 is 24.6. The molecule has 1 amide bonds. The van der Waals surface area contributed by atoms with Crippen LogP contribution in [-0.2, 0) is 4.79 Å². The summed E-state index contributed by atoms with van der Waals surface area (Å²) in [4.78, 5) is 12.3.